The molecule has 21 heavy (non-hydrogen) atoms. The van der Waals surface area contributed by atoms with Crippen molar-refractivity contribution in [2.75, 3.05) is 0 Å². The first-order valence-corrected chi connectivity index (χ1v) is 7.55. The van der Waals surface area contributed by atoms with Crippen molar-refractivity contribution in [1.29, 1.82) is 0 Å². The summed E-state index contributed by atoms with van der Waals surface area (Å²) in [5, 5.41) is 12.4. The Morgan fingerprint density at radius 3 is 2.38 bits per heavy atom. The normalized spacial score (nSPS) is 15.1. The van der Waals surface area contributed by atoms with Crippen molar-refractivity contribution in [3.63, 3.8) is 0 Å². The smallest absolute Gasteiger partial charge is 0.0641 e. The first kappa shape index (κ1) is 15.8. The lowest BCUT2D eigenvalue weighted by Gasteiger charge is -2.21. The Labute approximate surface area is 127 Å². The molecular formula is C16H27N5. The summed E-state index contributed by atoms with van der Waals surface area (Å²) in [7, 11) is 0. The number of nitrogens with zero attached hydrogens (tertiary/aromatic N) is 4. The molecule has 0 radical (unpaired) electrons. The highest BCUT2D eigenvalue weighted by Crippen LogP contribution is 2.14. The average molecular weight is 289 g/mol. The van der Waals surface area contributed by atoms with E-state index >= 15 is 0 Å². The quantitative estimate of drug-likeness (QED) is 0.920. The van der Waals surface area contributed by atoms with Crippen LogP contribution in [-0.2, 0) is 12.1 Å². The monoisotopic (exact) mass is 289 g/mol. The summed E-state index contributed by atoms with van der Waals surface area (Å²) in [5.41, 5.74) is 2.44. The molecule has 2 heterocycles. The fourth-order valence-electron chi connectivity index (χ4n) is 2.15. The summed E-state index contributed by atoms with van der Waals surface area (Å²) in [6.45, 7) is 13.7. The van der Waals surface area contributed by atoms with Crippen LogP contribution in [0.4, 0.5) is 0 Å². The Bertz CT molecular complexity index is 576. The van der Waals surface area contributed by atoms with Crippen LogP contribution in [0.1, 0.15) is 51.8 Å². The second-order valence-electron chi connectivity index (χ2n) is 6.87. The first-order valence-electron chi connectivity index (χ1n) is 7.55. The van der Waals surface area contributed by atoms with Gasteiger partial charge in [-0.2, -0.15) is 10.2 Å². The van der Waals surface area contributed by atoms with E-state index in [0.29, 0.717) is 12.1 Å². The molecule has 116 valence electrons. The van der Waals surface area contributed by atoms with Crippen LogP contribution < -0.4 is 5.32 Å². The standard InChI is InChI=1S/C16H27N5/c1-12-7-18-20(10-12)14(3)13(2)17-8-15-9-19-21(11-15)16(4,5)6/h7,9-11,13-14,17H,8H2,1-6H3. The first-order chi connectivity index (χ1) is 9.77. The second kappa shape index (κ2) is 6.02. The van der Waals surface area contributed by atoms with Gasteiger partial charge in [-0.3, -0.25) is 9.36 Å². The Morgan fingerprint density at radius 1 is 1.14 bits per heavy atom. The van der Waals surface area contributed by atoms with E-state index in [1.807, 2.05) is 21.8 Å². The summed E-state index contributed by atoms with van der Waals surface area (Å²) < 4.78 is 4.03. The van der Waals surface area contributed by atoms with Gasteiger partial charge in [-0.15, -0.1) is 0 Å². The van der Waals surface area contributed by atoms with E-state index in [1.165, 1.54) is 11.1 Å². The summed E-state index contributed by atoms with van der Waals surface area (Å²) in [6.07, 6.45) is 8.03. The molecule has 0 spiro atoms. The van der Waals surface area contributed by atoms with Crippen LogP contribution in [0.25, 0.3) is 0 Å². The van der Waals surface area contributed by atoms with Crippen molar-refractivity contribution in [3.8, 4) is 0 Å². The maximum Gasteiger partial charge on any atom is 0.0641 e. The minimum absolute atomic E-state index is 0.0315. The summed E-state index contributed by atoms with van der Waals surface area (Å²) in [6, 6.07) is 0.652. The van der Waals surface area contributed by atoms with Gasteiger partial charge in [0.05, 0.1) is 24.0 Å². The summed E-state index contributed by atoms with van der Waals surface area (Å²) in [4.78, 5) is 0. The Hall–Kier alpha value is -1.62. The van der Waals surface area contributed by atoms with E-state index < -0.39 is 0 Å². The van der Waals surface area contributed by atoms with Crippen molar-refractivity contribution in [1.82, 2.24) is 24.9 Å². The van der Waals surface area contributed by atoms with E-state index in [2.05, 4.69) is 69.5 Å². The van der Waals surface area contributed by atoms with Gasteiger partial charge in [0.25, 0.3) is 0 Å². The lowest BCUT2D eigenvalue weighted by atomic mass is 10.1. The zero-order chi connectivity index (χ0) is 15.6. The summed E-state index contributed by atoms with van der Waals surface area (Å²) >= 11 is 0. The van der Waals surface area contributed by atoms with Crippen LogP contribution >= 0.6 is 0 Å². The van der Waals surface area contributed by atoms with Crippen LogP contribution in [0.5, 0.6) is 0 Å². The van der Waals surface area contributed by atoms with Crippen molar-refractivity contribution in [3.05, 3.63) is 35.9 Å². The molecule has 0 aliphatic carbocycles. The molecule has 1 N–H and O–H groups in total. The van der Waals surface area contributed by atoms with Crippen molar-refractivity contribution >= 4 is 0 Å². The molecule has 2 aromatic rings. The van der Waals surface area contributed by atoms with Gasteiger partial charge in [0, 0.05) is 30.5 Å². The molecule has 0 aliphatic heterocycles. The molecule has 0 fully saturated rings. The maximum absolute atomic E-state index is 4.43. The molecule has 0 aliphatic rings. The van der Waals surface area contributed by atoms with Crippen molar-refractivity contribution in [2.45, 2.75) is 65.7 Å². The predicted molar refractivity (Wildman–Crippen MR) is 85.2 cm³/mol. The number of aryl methyl sites for hydroxylation is 1. The predicted octanol–water partition coefficient (Wildman–Crippen LogP) is 2.88. The highest BCUT2D eigenvalue weighted by Gasteiger charge is 2.16. The maximum atomic E-state index is 4.43. The number of aromatic nitrogens is 4. The molecule has 2 aromatic heterocycles. The van der Waals surface area contributed by atoms with Gasteiger partial charge < -0.3 is 5.32 Å². The number of rotatable bonds is 5. The average Bonchev–Trinajstić information content (AvgIpc) is 3.03. The Morgan fingerprint density at radius 2 is 1.86 bits per heavy atom. The van der Waals surface area contributed by atoms with Gasteiger partial charge in [-0.1, -0.05) is 0 Å². The van der Waals surface area contributed by atoms with Gasteiger partial charge in [-0.05, 0) is 47.1 Å². The minimum atomic E-state index is 0.0315. The zero-order valence-corrected chi connectivity index (χ0v) is 14.0. The largest absolute Gasteiger partial charge is 0.308 e. The topological polar surface area (TPSA) is 47.7 Å². The van der Waals surface area contributed by atoms with E-state index in [4.69, 9.17) is 0 Å². The molecule has 0 saturated carbocycles. The van der Waals surface area contributed by atoms with E-state index in [-0.39, 0.29) is 5.54 Å². The lowest BCUT2D eigenvalue weighted by molar-refractivity contribution is 0.353. The van der Waals surface area contributed by atoms with Crippen molar-refractivity contribution in [2.24, 2.45) is 0 Å². The molecule has 0 saturated heterocycles. The SMILES string of the molecule is Cc1cnn(C(C)C(C)NCc2cnn(C(C)(C)C)c2)c1. The van der Waals surface area contributed by atoms with Gasteiger partial charge >= 0.3 is 0 Å². The van der Waals surface area contributed by atoms with E-state index in [9.17, 15) is 0 Å². The third kappa shape index (κ3) is 3.94. The Balaban J connectivity index is 1.92. The fourth-order valence-corrected chi connectivity index (χ4v) is 2.15. The zero-order valence-electron chi connectivity index (χ0n) is 14.0. The second-order valence-corrected chi connectivity index (χ2v) is 6.87. The molecule has 0 bridgehead atoms. The molecule has 0 amide bonds. The molecular weight excluding hydrogens is 262 g/mol. The number of hydrogen-bond donors (Lipinski definition) is 1. The molecule has 5 nitrogen and oxygen atoms in total. The van der Waals surface area contributed by atoms with Gasteiger partial charge in [0.1, 0.15) is 0 Å². The van der Waals surface area contributed by atoms with Crippen LogP contribution in [0.2, 0.25) is 0 Å². The lowest BCUT2D eigenvalue weighted by Crippen LogP contribution is -2.33. The minimum Gasteiger partial charge on any atom is -0.308 e. The van der Waals surface area contributed by atoms with Crippen molar-refractivity contribution < 1.29 is 0 Å². The van der Waals surface area contributed by atoms with Crippen LogP contribution in [0, 0.1) is 6.92 Å². The molecule has 2 atom stereocenters. The molecule has 0 aromatic carbocycles. The molecule has 5 heteroatoms. The van der Waals surface area contributed by atoms with E-state index in [1.54, 1.807) is 0 Å². The molecule has 2 unspecified atom stereocenters. The summed E-state index contributed by atoms with van der Waals surface area (Å²) in [5.74, 6) is 0. The third-order valence-corrected chi connectivity index (χ3v) is 3.82. The van der Waals surface area contributed by atoms with Gasteiger partial charge in [0.15, 0.2) is 0 Å². The van der Waals surface area contributed by atoms with Gasteiger partial charge in [-0.25, -0.2) is 0 Å². The Kier molecular flexibility index (Phi) is 4.52. The molecule has 2 rings (SSSR count). The van der Waals surface area contributed by atoms with Gasteiger partial charge in [0.2, 0.25) is 0 Å². The fraction of sp³-hybridized carbons (Fsp3) is 0.625. The number of nitrogens with one attached hydrogen (secondary N) is 1. The van der Waals surface area contributed by atoms with Crippen LogP contribution in [0.3, 0.4) is 0 Å². The van der Waals surface area contributed by atoms with Crippen LogP contribution in [-0.4, -0.2) is 25.6 Å². The third-order valence-electron chi connectivity index (χ3n) is 3.82. The van der Waals surface area contributed by atoms with E-state index in [0.717, 1.165) is 6.54 Å². The number of hydrogen-bond acceptors (Lipinski definition) is 3. The highest BCUT2D eigenvalue weighted by atomic mass is 15.3. The van der Waals surface area contributed by atoms with Crippen LogP contribution in [0.15, 0.2) is 24.8 Å². The highest BCUT2D eigenvalue weighted by molar-refractivity contribution is 5.05.